The van der Waals surface area contributed by atoms with Crippen molar-refractivity contribution in [1.82, 2.24) is 14.5 Å². The van der Waals surface area contributed by atoms with Crippen LogP contribution in [-0.4, -0.2) is 14.5 Å². The molecule has 0 atom stereocenters. The highest BCUT2D eigenvalue weighted by atomic mass is 16.3. The molecule has 2 aliphatic rings. The predicted molar refractivity (Wildman–Crippen MR) is 215 cm³/mol. The summed E-state index contributed by atoms with van der Waals surface area (Å²) in [5.41, 5.74) is 14.0. The first-order chi connectivity index (χ1) is 26.3. The highest BCUT2D eigenvalue weighted by molar-refractivity contribution is 6.26. The highest BCUT2D eigenvalue weighted by Gasteiger charge is 2.50. The fraction of sp³-hybridized carbons (Fsp3) is 0.0204. The van der Waals surface area contributed by atoms with Gasteiger partial charge in [-0.2, -0.15) is 0 Å². The molecule has 4 heteroatoms. The van der Waals surface area contributed by atoms with Crippen LogP contribution in [0.1, 0.15) is 22.3 Å². The van der Waals surface area contributed by atoms with Gasteiger partial charge < -0.3 is 4.42 Å². The molecular weight excluding hydrogens is 647 g/mol. The van der Waals surface area contributed by atoms with Crippen LogP contribution in [0.2, 0.25) is 0 Å². The lowest BCUT2D eigenvalue weighted by Gasteiger charge is -2.37. The molecule has 3 heterocycles. The zero-order chi connectivity index (χ0) is 34.4. The van der Waals surface area contributed by atoms with Gasteiger partial charge in [0, 0.05) is 32.5 Å². The van der Waals surface area contributed by atoms with Crippen molar-refractivity contribution >= 4 is 65.4 Å². The van der Waals surface area contributed by atoms with Crippen LogP contribution in [0.5, 0.6) is 0 Å². The Morgan fingerprint density at radius 3 is 1.91 bits per heavy atom. The first-order valence-electron chi connectivity index (χ1n) is 18.2. The van der Waals surface area contributed by atoms with E-state index in [1.165, 1.54) is 54.9 Å². The topological polar surface area (TPSA) is 43.9 Å². The average molecular weight is 674 g/mol. The molecule has 2 aliphatic carbocycles. The van der Waals surface area contributed by atoms with Gasteiger partial charge in [0.15, 0.2) is 0 Å². The molecule has 53 heavy (non-hydrogen) atoms. The van der Waals surface area contributed by atoms with E-state index in [-0.39, 0.29) is 0 Å². The van der Waals surface area contributed by atoms with Gasteiger partial charge in [0.2, 0.25) is 5.95 Å². The van der Waals surface area contributed by atoms with E-state index in [0.717, 1.165) is 55.1 Å². The van der Waals surface area contributed by atoms with Crippen LogP contribution in [-0.2, 0) is 5.41 Å². The van der Waals surface area contributed by atoms with Crippen LogP contribution in [0.3, 0.4) is 0 Å². The number of hydrogen-bond donors (Lipinski definition) is 0. The summed E-state index contributed by atoms with van der Waals surface area (Å²) in [5.74, 6) is 0.643. The molecule has 0 fully saturated rings. The van der Waals surface area contributed by atoms with E-state index in [1.807, 2.05) is 12.1 Å². The Morgan fingerprint density at radius 1 is 0.434 bits per heavy atom. The zero-order valence-electron chi connectivity index (χ0n) is 28.3. The van der Waals surface area contributed by atoms with Gasteiger partial charge in [-0.3, -0.25) is 4.57 Å². The minimum absolute atomic E-state index is 0.466. The maximum absolute atomic E-state index is 6.57. The maximum Gasteiger partial charge on any atom is 0.235 e. The van der Waals surface area contributed by atoms with E-state index in [0.29, 0.717) is 5.95 Å². The fourth-order valence-electron chi connectivity index (χ4n) is 10.0. The monoisotopic (exact) mass is 673 g/mol. The van der Waals surface area contributed by atoms with Crippen LogP contribution < -0.4 is 0 Å². The molecule has 8 aromatic carbocycles. The highest BCUT2D eigenvalue weighted by Crippen LogP contribution is 2.62. The minimum Gasteiger partial charge on any atom is -0.455 e. The molecule has 4 nitrogen and oxygen atoms in total. The Balaban J connectivity index is 1.18. The molecule has 13 rings (SSSR count). The third-order valence-corrected chi connectivity index (χ3v) is 12.0. The number of rotatable bonds is 2. The van der Waals surface area contributed by atoms with E-state index >= 15 is 0 Å². The zero-order valence-corrected chi connectivity index (χ0v) is 28.3. The third kappa shape index (κ3) is 3.24. The third-order valence-electron chi connectivity index (χ3n) is 12.0. The van der Waals surface area contributed by atoms with Crippen molar-refractivity contribution in [3.8, 4) is 28.3 Å². The Kier molecular flexibility index (Phi) is 5.03. The van der Waals surface area contributed by atoms with Crippen molar-refractivity contribution < 1.29 is 4.42 Å². The summed E-state index contributed by atoms with van der Waals surface area (Å²) in [6.45, 7) is 0. The summed E-state index contributed by atoms with van der Waals surface area (Å²) >= 11 is 0. The van der Waals surface area contributed by atoms with E-state index in [1.54, 1.807) is 0 Å². The molecular formula is C49H27N3O. The van der Waals surface area contributed by atoms with Gasteiger partial charge >= 0.3 is 0 Å². The number of para-hydroxylation sites is 3. The van der Waals surface area contributed by atoms with Crippen LogP contribution in [0.15, 0.2) is 168 Å². The molecule has 0 saturated carbocycles. The molecule has 0 amide bonds. The van der Waals surface area contributed by atoms with Crippen molar-refractivity contribution in [3.05, 3.63) is 186 Å². The molecule has 0 N–H and O–H groups in total. The number of aromatic nitrogens is 3. The SMILES string of the molecule is c1ccc2c(c1)-c1ccccc1C21c2cccc3ccc4c(c23)c2c1cccc2n4-c1nc(-c2cccc3c2oc2ccccc23)c2ccccc2n1. The molecule has 1 spiro atoms. The summed E-state index contributed by atoms with van der Waals surface area (Å²) in [7, 11) is 0. The molecule has 0 saturated heterocycles. The second-order valence-corrected chi connectivity index (χ2v) is 14.4. The standard InChI is InChI=1S/C49H27N3O/c1-5-19-35-29(13-1)30-14-2-6-20-36(30)49(35)37-21-9-12-28-26-27-41-45(43(28)37)44-38(49)22-11-24-40(44)52(41)48-50-39-23-7-3-16-33(39)46(51-48)34-18-10-17-32-31-15-4-8-25-42(31)53-47(32)34/h1-27H. The Hall–Kier alpha value is -7.04. The van der Waals surface area contributed by atoms with Crippen molar-refractivity contribution in [2.75, 3.05) is 0 Å². The smallest absolute Gasteiger partial charge is 0.235 e. The number of furan rings is 1. The number of benzene rings is 8. The second kappa shape index (κ2) is 9.64. The van der Waals surface area contributed by atoms with Gasteiger partial charge in [-0.05, 0) is 74.5 Å². The molecule has 3 aromatic heterocycles. The lowest BCUT2D eigenvalue weighted by atomic mass is 9.63. The Bertz CT molecular complexity index is 3380. The van der Waals surface area contributed by atoms with Crippen LogP contribution in [0.4, 0.5) is 0 Å². The quantitative estimate of drug-likeness (QED) is 0.183. The summed E-state index contributed by atoms with van der Waals surface area (Å²) in [5, 5.41) is 8.22. The average Bonchev–Trinajstić information content (AvgIpc) is 3.87. The van der Waals surface area contributed by atoms with Gasteiger partial charge in [-0.15, -0.1) is 0 Å². The Morgan fingerprint density at radius 2 is 1.06 bits per heavy atom. The molecule has 0 radical (unpaired) electrons. The maximum atomic E-state index is 6.57. The van der Waals surface area contributed by atoms with Crippen molar-refractivity contribution in [1.29, 1.82) is 0 Å². The summed E-state index contributed by atoms with van der Waals surface area (Å²) in [6.07, 6.45) is 0. The van der Waals surface area contributed by atoms with Crippen LogP contribution in [0.25, 0.3) is 93.8 Å². The van der Waals surface area contributed by atoms with Gasteiger partial charge in [0.05, 0.1) is 27.7 Å². The molecule has 0 aliphatic heterocycles. The van der Waals surface area contributed by atoms with E-state index in [4.69, 9.17) is 14.4 Å². The lowest BCUT2D eigenvalue weighted by Crippen LogP contribution is -2.30. The van der Waals surface area contributed by atoms with Crippen molar-refractivity contribution in [3.63, 3.8) is 0 Å². The second-order valence-electron chi connectivity index (χ2n) is 14.4. The Labute approximate surface area is 303 Å². The summed E-state index contributed by atoms with van der Waals surface area (Å²) in [6, 6.07) is 59.1. The van der Waals surface area contributed by atoms with E-state index in [2.05, 4.69) is 156 Å². The van der Waals surface area contributed by atoms with E-state index < -0.39 is 5.41 Å². The first kappa shape index (κ1) is 27.7. The number of fused-ring (bicyclic) bond motifs is 11. The normalized spacial score (nSPS) is 13.8. The van der Waals surface area contributed by atoms with Gasteiger partial charge in [-0.25, -0.2) is 9.97 Å². The van der Waals surface area contributed by atoms with E-state index in [9.17, 15) is 0 Å². The van der Waals surface area contributed by atoms with Crippen LogP contribution >= 0.6 is 0 Å². The number of nitrogens with zero attached hydrogens (tertiary/aromatic N) is 3. The minimum atomic E-state index is -0.466. The van der Waals surface area contributed by atoms with Gasteiger partial charge in [0.25, 0.3) is 0 Å². The molecule has 0 unspecified atom stereocenters. The molecule has 244 valence electrons. The summed E-state index contributed by atoms with van der Waals surface area (Å²) in [4.78, 5) is 10.8. The van der Waals surface area contributed by atoms with Gasteiger partial charge in [0.1, 0.15) is 11.2 Å². The number of hydrogen-bond acceptors (Lipinski definition) is 3. The predicted octanol–water partition coefficient (Wildman–Crippen LogP) is 12.1. The van der Waals surface area contributed by atoms with Gasteiger partial charge in [-0.1, -0.05) is 133 Å². The lowest BCUT2D eigenvalue weighted by molar-refractivity contribution is 0.670. The fourth-order valence-corrected chi connectivity index (χ4v) is 10.0. The molecule has 0 bridgehead atoms. The largest absolute Gasteiger partial charge is 0.455 e. The first-order valence-corrected chi connectivity index (χ1v) is 18.2. The summed E-state index contributed by atoms with van der Waals surface area (Å²) < 4.78 is 8.87. The van der Waals surface area contributed by atoms with Crippen molar-refractivity contribution in [2.24, 2.45) is 0 Å². The van der Waals surface area contributed by atoms with Crippen molar-refractivity contribution in [2.45, 2.75) is 5.41 Å². The van der Waals surface area contributed by atoms with Crippen LogP contribution in [0, 0.1) is 0 Å². The molecule has 11 aromatic rings.